The van der Waals surface area contributed by atoms with Gasteiger partial charge in [-0.05, 0) is 79.5 Å². The Morgan fingerprint density at radius 2 is 1.95 bits per heavy atom. The lowest BCUT2D eigenvalue weighted by Crippen LogP contribution is -2.48. The van der Waals surface area contributed by atoms with Gasteiger partial charge in [-0.3, -0.25) is 9.78 Å². The first-order valence-corrected chi connectivity index (χ1v) is 13.3. The molecular weight excluding hydrogens is 462 g/mol. The van der Waals surface area contributed by atoms with Crippen LogP contribution in [0.25, 0.3) is 0 Å². The molecule has 0 fully saturated rings. The van der Waals surface area contributed by atoms with E-state index in [9.17, 15) is 9.90 Å². The smallest absolute Gasteiger partial charge is 0.251 e. The number of benzene rings is 1. The van der Waals surface area contributed by atoms with E-state index in [1.165, 1.54) is 11.1 Å². The van der Waals surface area contributed by atoms with E-state index in [1.54, 1.807) is 12.1 Å². The largest absolute Gasteiger partial charge is 0.390 e. The van der Waals surface area contributed by atoms with Crippen molar-refractivity contribution in [3.8, 4) is 0 Å². The maximum atomic E-state index is 13.3. The van der Waals surface area contributed by atoms with Crippen molar-refractivity contribution in [2.24, 2.45) is 0 Å². The molecule has 4 bridgehead atoms. The number of anilines is 1. The van der Waals surface area contributed by atoms with Crippen LogP contribution in [0.5, 0.6) is 0 Å². The Morgan fingerprint density at radius 1 is 1.11 bits per heavy atom. The minimum Gasteiger partial charge on any atom is -0.390 e. The molecular formula is C30H39N5O2. The van der Waals surface area contributed by atoms with E-state index in [0.717, 1.165) is 42.8 Å². The van der Waals surface area contributed by atoms with Crippen molar-refractivity contribution in [3.05, 3.63) is 88.4 Å². The molecule has 1 aliphatic heterocycles. The zero-order valence-electron chi connectivity index (χ0n) is 22.1. The summed E-state index contributed by atoms with van der Waals surface area (Å²) in [6.45, 7) is 7.89. The van der Waals surface area contributed by atoms with Crippen LogP contribution in [-0.4, -0.2) is 46.2 Å². The van der Waals surface area contributed by atoms with Crippen LogP contribution in [0.15, 0.2) is 54.7 Å². The average Bonchev–Trinajstić information content (AvgIpc) is 2.88. The average molecular weight is 502 g/mol. The summed E-state index contributed by atoms with van der Waals surface area (Å²) in [6, 6.07) is 15.7. The molecule has 0 radical (unpaired) electrons. The SMILES string of the molecule is Cc1cc2cc(n1)NCCCCc1cccc(c1)C[C@@H]([C@H](O)CNCc1cc(C(C)C)ccn1)NC2=O. The second-order valence-corrected chi connectivity index (χ2v) is 10.3. The predicted octanol–water partition coefficient (Wildman–Crippen LogP) is 4.15. The fourth-order valence-electron chi connectivity index (χ4n) is 4.70. The fourth-order valence-corrected chi connectivity index (χ4v) is 4.70. The number of carbonyl (C=O) groups excluding carboxylic acids is 1. The van der Waals surface area contributed by atoms with E-state index in [1.807, 2.05) is 19.2 Å². The number of nitrogens with one attached hydrogen (secondary N) is 3. The van der Waals surface area contributed by atoms with Gasteiger partial charge in [0.1, 0.15) is 5.82 Å². The van der Waals surface area contributed by atoms with Crippen LogP contribution in [0.2, 0.25) is 0 Å². The molecule has 1 aliphatic rings. The number of nitrogens with zero attached hydrogens (tertiary/aromatic N) is 2. The number of hydrogen-bond acceptors (Lipinski definition) is 6. The summed E-state index contributed by atoms with van der Waals surface area (Å²) in [5.41, 5.74) is 5.87. The zero-order valence-corrected chi connectivity index (χ0v) is 22.1. The number of pyridine rings is 2. The Bertz CT molecular complexity index is 1200. The van der Waals surface area contributed by atoms with Gasteiger partial charge in [0.25, 0.3) is 5.91 Å². The Hall–Kier alpha value is -3.29. The Morgan fingerprint density at radius 3 is 2.78 bits per heavy atom. The maximum absolute atomic E-state index is 13.3. The van der Waals surface area contributed by atoms with Crippen LogP contribution >= 0.6 is 0 Å². The van der Waals surface area contributed by atoms with Gasteiger partial charge in [-0.15, -0.1) is 0 Å². The molecule has 2 atom stereocenters. The second kappa shape index (κ2) is 12.8. The van der Waals surface area contributed by atoms with Gasteiger partial charge < -0.3 is 21.1 Å². The number of aliphatic hydroxyl groups is 1. The van der Waals surface area contributed by atoms with Crippen molar-refractivity contribution in [2.45, 2.75) is 71.1 Å². The number of amides is 1. The van der Waals surface area contributed by atoms with E-state index in [-0.39, 0.29) is 5.91 Å². The Balaban J connectivity index is 1.51. The molecule has 1 amide bonds. The minimum absolute atomic E-state index is 0.213. The molecule has 7 nitrogen and oxygen atoms in total. The van der Waals surface area contributed by atoms with Crippen LogP contribution < -0.4 is 16.0 Å². The highest BCUT2D eigenvalue weighted by molar-refractivity contribution is 5.95. The second-order valence-electron chi connectivity index (χ2n) is 10.3. The highest BCUT2D eigenvalue weighted by atomic mass is 16.3. The number of fused-ring (bicyclic) bond motifs is 4. The minimum atomic E-state index is -0.780. The third-order valence-corrected chi connectivity index (χ3v) is 6.81. The summed E-state index contributed by atoms with van der Waals surface area (Å²) in [5.74, 6) is 0.922. The van der Waals surface area contributed by atoms with Gasteiger partial charge in [0.15, 0.2) is 0 Å². The first-order chi connectivity index (χ1) is 17.9. The summed E-state index contributed by atoms with van der Waals surface area (Å²) in [4.78, 5) is 22.3. The van der Waals surface area contributed by atoms with Crippen molar-refractivity contribution in [2.75, 3.05) is 18.4 Å². The first-order valence-electron chi connectivity index (χ1n) is 13.3. The standard InChI is InChI=1S/C30H39N5O2/c1-20(2)24-10-12-32-26(16-24)18-31-19-28(36)27-15-23-9-6-8-22(14-23)7-4-5-11-33-29-17-25(30(37)35-27)13-21(3)34-29/h6,8-10,12-14,16-17,20,27-28,31,36H,4-5,7,11,15,18-19H2,1-3H3,(H,33,34)(H,35,37)/t27-,28+/m0/s1. The van der Waals surface area contributed by atoms with Crippen LogP contribution in [-0.2, 0) is 19.4 Å². The van der Waals surface area contributed by atoms with Gasteiger partial charge >= 0.3 is 0 Å². The number of hydrogen-bond donors (Lipinski definition) is 4. The number of carbonyl (C=O) groups is 1. The lowest BCUT2D eigenvalue weighted by Gasteiger charge is -2.25. The van der Waals surface area contributed by atoms with Crippen molar-refractivity contribution in [3.63, 3.8) is 0 Å². The summed E-state index contributed by atoms with van der Waals surface area (Å²) in [6.07, 6.45) is 4.66. The summed E-state index contributed by atoms with van der Waals surface area (Å²) < 4.78 is 0. The van der Waals surface area contributed by atoms with Crippen LogP contribution in [0.4, 0.5) is 5.82 Å². The van der Waals surface area contributed by atoms with Gasteiger partial charge in [0.2, 0.25) is 0 Å². The van der Waals surface area contributed by atoms with Crippen LogP contribution in [0.3, 0.4) is 0 Å². The zero-order chi connectivity index (χ0) is 26.2. The molecule has 4 rings (SSSR count). The number of aliphatic hydroxyl groups excluding tert-OH is 1. The van der Waals surface area contributed by atoms with E-state index < -0.39 is 12.1 Å². The number of rotatable bonds is 6. The highest BCUT2D eigenvalue weighted by Crippen LogP contribution is 2.17. The van der Waals surface area contributed by atoms with Gasteiger partial charge in [0, 0.05) is 37.1 Å². The van der Waals surface area contributed by atoms with E-state index in [4.69, 9.17) is 0 Å². The molecule has 196 valence electrons. The molecule has 3 aromatic rings. The van der Waals surface area contributed by atoms with Crippen molar-refractivity contribution in [1.29, 1.82) is 0 Å². The molecule has 37 heavy (non-hydrogen) atoms. The molecule has 0 aliphatic carbocycles. The molecule has 3 heterocycles. The fraction of sp³-hybridized carbons (Fsp3) is 0.433. The molecule has 0 saturated carbocycles. The normalized spacial score (nSPS) is 17.3. The monoisotopic (exact) mass is 501 g/mol. The molecule has 0 spiro atoms. The van der Waals surface area contributed by atoms with E-state index >= 15 is 0 Å². The third kappa shape index (κ3) is 7.84. The van der Waals surface area contributed by atoms with Crippen molar-refractivity contribution >= 4 is 11.7 Å². The molecule has 2 aromatic heterocycles. The van der Waals surface area contributed by atoms with E-state index in [0.29, 0.717) is 36.8 Å². The quantitative estimate of drug-likeness (QED) is 0.405. The summed E-state index contributed by atoms with van der Waals surface area (Å²) in [7, 11) is 0. The topological polar surface area (TPSA) is 99.2 Å². The van der Waals surface area contributed by atoms with Crippen LogP contribution in [0.1, 0.15) is 71.0 Å². The Labute approximate surface area is 220 Å². The highest BCUT2D eigenvalue weighted by Gasteiger charge is 2.23. The summed E-state index contributed by atoms with van der Waals surface area (Å²) in [5, 5.41) is 21.0. The van der Waals surface area contributed by atoms with Crippen LogP contribution in [0, 0.1) is 6.92 Å². The van der Waals surface area contributed by atoms with Crippen molar-refractivity contribution in [1.82, 2.24) is 20.6 Å². The van der Waals surface area contributed by atoms with Gasteiger partial charge in [-0.25, -0.2) is 4.98 Å². The number of aryl methyl sites for hydroxylation is 2. The van der Waals surface area contributed by atoms with E-state index in [2.05, 4.69) is 70.1 Å². The molecule has 0 unspecified atom stereocenters. The van der Waals surface area contributed by atoms with Gasteiger partial charge in [0.05, 0.1) is 17.8 Å². The molecule has 0 saturated heterocycles. The predicted molar refractivity (Wildman–Crippen MR) is 148 cm³/mol. The lowest BCUT2D eigenvalue weighted by molar-refractivity contribution is 0.0829. The van der Waals surface area contributed by atoms with Gasteiger partial charge in [-0.2, -0.15) is 0 Å². The maximum Gasteiger partial charge on any atom is 0.251 e. The summed E-state index contributed by atoms with van der Waals surface area (Å²) >= 11 is 0. The number of aromatic nitrogens is 2. The Kier molecular flexibility index (Phi) is 9.25. The molecule has 4 N–H and O–H groups in total. The molecule has 1 aromatic carbocycles. The van der Waals surface area contributed by atoms with Crippen molar-refractivity contribution < 1.29 is 9.90 Å². The first kappa shape index (κ1) is 26.8. The molecule has 7 heteroatoms. The third-order valence-electron chi connectivity index (χ3n) is 6.81. The van der Waals surface area contributed by atoms with Gasteiger partial charge in [-0.1, -0.05) is 38.1 Å². The lowest BCUT2D eigenvalue weighted by atomic mass is 9.97.